The summed E-state index contributed by atoms with van der Waals surface area (Å²) in [6.45, 7) is 1.66. The summed E-state index contributed by atoms with van der Waals surface area (Å²) >= 11 is 0. The van der Waals surface area contributed by atoms with Gasteiger partial charge in [-0.1, -0.05) is 18.2 Å². The van der Waals surface area contributed by atoms with Crippen LogP contribution in [0.1, 0.15) is 37.3 Å². The van der Waals surface area contributed by atoms with Crippen molar-refractivity contribution in [3.8, 4) is 0 Å². The molecule has 2 aliphatic rings. The third-order valence-electron chi connectivity index (χ3n) is 5.58. The van der Waals surface area contributed by atoms with E-state index >= 15 is 0 Å². The highest BCUT2D eigenvalue weighted by atomic mass is 16.1. The van der Waals surface area contributed by atoms with Crippen molar-refractivity contribution in [3.63, 3.8) is 0 Å². The molecule has 132 valence electrons. The van der Waals surface area contributed by atoms with Gasteiger partial charge in [-0.3, -0.25) is 9.78 Å². The summed E-state index contributed by atoms with van der Waals surface area (Å²) in [4.78, 5) is 19.2. The van der Waals surface area contributed by atoms with Gasteiger partial charge in [0, 0.05) is 41.8 Å². The maximum Gasteiger partial charge on any atom is 0.266 e. The average molecular weight is 346 g/mol. The van der Waals surface area contributed by atoms with Crippen molar-refractivity contribution < 1.29 is 0 Å². The molecule has 1 saturated carbocycles. The van der Waals surface area contributed by atoms with E-state index in [1.165, 1.54) is 23.9 Å². The fourth-order valence-electron chi connectivity index (χ4n) is 4.07. The summed E-state index contributed by atoms with van der Waals surface area (Å²) in [5, 5.41) is 5.83. The maximum absolute atomic E-state index is 12.3. The van der Waals surface area contributed by atoms with Gasteiger partial charge in [0.1, 0.15) is 0 Å². The molecular weight excluding hydrogens is 324 g/mol. The maximum atomic E-state index is 12.3. The highest BCUT2D eigenvalue weighted by Crippen LogP contribution is 2.38. The lowest BCUT2D eigenvalue weighted by Crippen LogP contribution is -2.37. The Morgan fingerprint density at radius 3 is 2.81 bits per heavy atom. The van der Waals surface area contributed by atoms with Gasteiger partial charge in [-0.05, 0) is 43.9 Å². The van der Waals surface area contributed by atoms with E-state index in [0.29, 0.717) is 18.5 Å². The van der Waals surface area contributed by atoms with E-state index in [4.69, 9.17) is 0 Å². The second-order valence-corrected chi connectivity index (χ2v) is 7.39. The van der Waals surface area contributed by atoms with Crippen molar-refractivity contribution in [3.05, 3.63) is 64.7 Å². The number of rotatable bonds is 4. The highest BCUT2D eigenvalue weighted by molar-refractivity contribution is 5.91. The number of pyridine rings is 1. The number of hydrogen-bond acceptors (Lipinski definition) is 4. The van der Waals surface area contributed by atoms with Gasteiger partial charge in [-0.2, -0.15) is 5.10 Å². The van der Waals surface area contributed by atoms with Crippen LogP contribution in [0.2, 0.25) is 0 Å². The minimum absolute atomic E-state index is 0.000774. The molecule has 0 amide bonds. The molecule has 26 heavy (non-hydrogen) atoms. The van der Waals surface area contributed by atoms with Crippen LogP contribution >= 0.6 is 0 Å². The molecule has 0 N–H and O–H groups in total. The van der Waals surface area contributed by atoms with E-state index in [2.05, 4.69) is 39.2 Å². The quantitative estimate of drug-likeness (QED) is 0.727. The molecule has 1 aliphatic carbocycles. The van der Waals surface area contributed by atoms with Gasteiger partial charge in [-0.25, -0.2) is 4.68 Å². The number of nitrogens with zero attached hydrogens (tertiary/aromatic N) is 4. The van der Waals surface area contributed by atoms with E-state index in [-0.39, 0.29) is 5.56 Å². The monoisotopic (exact) mass is 346 g/mol. The van der Waals surface area contributed by atoms with Gasteiger partial charge < -0.3 is 4.90 Å². The fraction of sp³-hybridized carbons (Fsp3) is 0.381. The van der Waals surface area contributed by atoms with Crippen LogP contribution < -0.4 is 10.5 Å². The summed E-state index contributed by atoms with van der Waals surface area (Å²) in [6.07, 6.45) is 6.50. The van der Waals surface area contributed by atoms with Crippen molar-refractivity contribution in [1.82, 2.24) is 14.8 Å². The number of para-hydroxylation sites is 1. The molecule has 2 aromatic heterocycles. The molecule has 0 bridgehead atoms. The molecular formula is C21H22N4O. The molecule has 1 aliphatic heterocycles. The molecule has 5 rings (SSSR count). The van der Waals surface area contributed by atoms with Gasteiger partial charge >= 0.3 is 0 Å². The topological polar surface area (TPSA) is 51.0 Å². The molecule has 1 saturated heterocycles. The Hall–Kier alpha value is -2.69. The minimum atomic E-state index is 0.000774. The van der Waals surface area contributed by atoms with Crippen LogP contribution in [0.4, 0.5) is 5.69 Å². The van der Waals surface area contributed by atoms with Gasteiger partial charge in [-0.15, -0.1) is 0 Å². The van der Waals surface area contributed by atoms with Crippen LogP contribution in [-0.2, 0) is 6.54 Å². The Labute approximate surface area is 152 Å². The molecule has 1 atom stereocenters. The van der Waals surface area contributed by atoms with E-state index in [1.807, 2.05) is 18.3 Å². The van der Waals surface area contributed by atoms with Crippen molar-refractivity contribution >= 4 is 16.6 Å². The SMILES string of the molecule is O=c1ccc(C2CC2)nn1CC1CCCN1c1ccnc2ccccc12. The first-order valence-electron chi connectivity index (χ1n) is 9.48. The summed E-state index contributed by atoms with van der Waals surface area (Å²) < 4.78 is 1.68. The summed E-state index contributed by atoms with van der Waals surface area (Å²) in [5.41, 5.74) is 3.30. The van der Waals surface area contributed by atoms with Crippen LogP contribution in [0.25, 0.3) is 10.9 Å². The third-order valence-corrected chi connectivity index (χ3v) is 5.58. The molecule has 5 heteroatoms. The second kappa shape index (κ2) is 6.24. The van der Waals surface area contributed by atoms with Crippen LogP contribution in [0, 0.1) is 0 Å². The van der Waals surface area contributed by atoms with E-state index < -0.39 is 0 Å². The first kappa shape index (κ1) is 15.6. The molecule has 0 spiro atoms. The first-order valence-corrected chi connectivity index (χ1v) is 9.48. The Balaban J connectivity index is 1.48. The second-order valence-electron chi connectivity index (χ2n) is 7.39. The lowest BCUT2D eigenvalue weighted by Gasteiger charge is -2.28. The molecule has 1 aromatic carbocycles. The Morgan fingerprint density at radius 2 is 1.92 bits per heavy atom. The Kier molecular flexibility index (Phi) is 3.73. The number of anilines is 1. The van der Waals surface area contributed by atoms with Crippen LogP contribution in [0.3, 0.4) is 0 Å². The number of hydrogen-bond donors (Lipinski definition) is 0. The highest BCUT2D eigenvalue weighted by Gasteiger charge is 2.29. The molecule has 2 fully saturated rings. The van der Waals surface area contributed by atoms with Gasteiger partial charge in [0.15, 0.2) is 0 Å². The summed E-state index contributed by atoms with van der Waals surface area (Å²) in [6, 6.07) is 14.2. The molecule has 3 aromatic rings. The van der Waals surface area contributed by atoms with Crippen molar-refractivity contribution in [1.29, 1.82) is 0 Å². The third kappa shape index (κ3) is 2.77. The van der Waals surface area contributed by atoms with E-state index in [1.54, 1.807) is 10.7 Å². The summed E-state index contributed by atoms with van der Waals surface area (Å²) in [7, 11) is 0. The normalized spacial score (nSPS) is 20.0. The summed E-state index contributed by atoms with van der Waals surface area (Å²) in [5.74, 6) is 0.561. The lowest BCUT2D eigenvalue weighted by molar-refractivity contribution is 0.483. The lowest BCUT2D eigenvalue weighted by atomic mass is 10.1. The Morgan fingerprint density at radius 1 is 1.04 bits per heavy atom. The van der Waals surface area contributed by atoms with Crippen LogP contribution in [-0.4, -0.2) is 27.4 Å². The minimum Gasteiger partial charge on any atom is -0.366 e. The standard InChI is InChI=1S/C21H22N4O/c26-21-10-9-18(15-7-8-15)23-25(21)14-16-4-3-13-24(16)20-11-12-22-19-6-2-1-5-17(19)20/h1-2,5-6,9-12,15-16H,3-4,7-8,13-14H2. The number of aromatic nitrogens is 3. The van der Waals surface area contributed by atoms with Gasteiger partial charge in [0.05, 0.1) is 17.8 Å². The van der Waals surface area contributed by atoms with Crippen LogP contribution in [0.15, 0.2) is 53.5 Å². The predicted octanol–water partition coefficient (Wildman–Crippen LogP) is 3.34. The van der Waals surface area contributed by atoms with Gasteiger partial charge in [0.2, 0.25) is 0 Å². The zero-order chi connectivity index (χ0) is 17.5. The largest absolute Gasteiger partial charge is 0.366 e. The number of fused-ring (bicyclic) bond motifs is 1. The van der Waals surface area contributed by atoms with E-state index in [0.717, 1.165) is 30.6 Å². The van der Waals surface area contributed by atoms with Crippen molar-refractivity contribution in [2.24, 2.45) is 0 Å². The molecule has 0 radical (unpaired) electrons. The smallest absolute Gasteiger partial charge is 0.266 e. The zero-order valence-electron chi connectivity index (χ0n) is 14.7. The van der Waals surface area contributed by atoms with Crippen molar-refractivity contribution in [2.45, 2.75) is 44.2 Å². The molecule has 1 unspecified atom stereocenters. The fourth-order valence-corrected chi connectivity index (χ4v) is 4.07. The zero-order valence-corrected chi connectivity index (χ0v) is 14.7. The molecule has 5 nitrogen and oxygen atoms in total. The van der Waals surface area contributed by atoms with E-state index in [9.17, 15) is 4.79 Å². The first-order chi connectivity index (χ1) is 12.8. The van der Waals surface area contributed by atoms with Gasteiger partial charge in [0.25, 0.3) is 5.56 Å². The average Bonchev–Trinajstić information content (AvgIpc) is 3.42. The van der Waals surface area contributed by atoms with Crippen molar-refractivity contribution in [2.75, 3.05) is 11.4 Å². The Bertz CT molecular complexity index is 1000. The number of benzene rings is 1. The van der Waals surface area contributed by atoms with Crippen LogP contribution in [0.5, 0.6) is 0 Å². The predicted molar refractivity (Wildman–Crippen MR) is 103 cm³/mol. The molecule has 3 heterocycles.